The fraction of sp³-hybridized carbons (Fsp3) is 0.368. The molecule has 1 fully saturated rings. The summed E-state index contributed by atoms with van der Waals surface area (Å²) in [5, 5.41) is 0. The van der Waals surface area contributed by atoms with E-state index in [-0.39, 0.29) is 6.10 Å². The number of rotatable bonds is 6. The Balaban J connectivity index is 1.41. The Kier molecular flexibility index (Phi) is 6.27. The van der Waals surface area contributed by atoms with Crippen LogP contribution < -0.4 is 8.35 Å². The van der Waals surface area contributed by atoms with Gasteiger partial charge in [-0.25, -0.2) is 0 Å². The average Bonchev–Trinajstić information content (AvgIpc) is 3.07. The van der Waals surface area contributed by atoms with Crippen LogP contribution in [0.25, 0.3) is 0 Å². The molecule has 2 nitrogen and oxygen atoms in total. The topological polar surface area (TPSA) is 18.5 Å². The summed E-state index contributed by atoms with van der Waals surface area (Å²) in [7, 11) is 0. The van der Waals surface area contributed by atoms with Gasteiger partial charge < -0.3 is 0 Å². The van der Waals surface area contributed by atoms with E-state index in [9.17, 15) is 13.2 Å². The van der Waals surface area contributed by atoms with Gasteiger partial charge in [0.2, 0.25) is 0 Å². The Morgan fingerprint density at radius 1 is 1.04 bits per heavy atom. The summed E-state index contributed by atoms with van der Waals surface area (Å²) < 4.78 is 51.3. The van der Waals surface area contributed by atoms with Crippen LogP contribution in [0.5, 0.6) is 5.75 Å². The molecular formula is C19H19F3O2Te. The van der Waals surface area contributed by atoms with Gasteiger partial charge in [0.15, 0.2) is 0 Å². The second kappa shape index (κ2) is 8.44. The van der Waals surface area contributed by atoms with Crippen LogP contribution in [0.15, 0.2) is 54.6 Å². The van der Waals surface area contributed by atoms with E-state index in [0.717, 1.165) is 20.3 Å². The molecule has 0 saturated carbocycles. The molecule has 25 heavy (non-hydrogen) atoms. The SMILES string of the molecule is FC(F)(F)c1ccc([Te]CC2COC(COc3ccccc3)C2)cc1. The van der Waals surface area contributed by atoms with Gasteiger partial charge in [-0.05, 0) is 0 Å². The normalized spacial score (nSPS) is 20.6. The third-order valence-corrected chi connectivity index (χ3v) is 7.56. The molecule has 0 bridgehead atoms. The van der Waals surface area contributed by atoms with Crippen LogP contribution >= 0.6 is 0 Å². The molecule has 1 saturated heterocycles. The van der Waals surface area contributed by atoms with Crippen molar-refractivity contribution in [2.45, 2.75) is 23.2 Å². The van der Waals surface area contributed by atoms with Crippen LogP contribution in [0.3, 0.4) is 0 Å². The Labute approximate surface area is 155 Å². The summed E-state index contributed by atoms with van der Waals surface area (Å²) in [5.41, 5.74) is -0.578. The number of halogens is 3. The van der Waals surface area contributed by atoms with Crippen molar-refractivity contribution in [3.8, 4) is 5.75 Å². The quantitative estimate of drug-likeness (QED) is 0.604. The molecule has 134 valence electrons. The maximum absolute atomic E-state index is 12.6. The van der Waals surface area contributed by atoms with Crippen molar-refractivity contribution < 1.29 is 22.6 Å². The molecule has 2 aromatic carbocycles. The van der Waals surface area contributed by atoms with Crippen LogP contribution in [0.1, 0.15) is 12.0 Å². The molecule has 3 rings (SSSR count). The first kappa shape index (κ1) is 18.6. The van der Waals surface area contributed by atoms with E-state index in [1.165, 1.54) is 12.1 Å². The first-order valence-electron chi connectivity index (χ1n) is 8.10. The van der Waals surface area contributed by atoms with Gasteiger partial charge in [-0.1, -0.05) is 0 Å². The zero-order valence-electron chi connectivity index (χ0n) is 13.5. The molecule has 0 N–H and O–H groups in total. The number of hydrogen-bond donors (Lipinski definition) is 0. The van der Waals surface area contributed by atoms with E-state index in [4.69, 9.17) is 9.47 Å². The Bertz CT molecular complexity index is 659. The number of ether oxygens (including phenoxy) is 2. The summed E-state index contributed by atoms with van der Waals surface area (Å²) in [6.45, 7) is 1.26. The predicted molar refractivity (Wildman–Crippen MR) is 91.4 cm³/mol. The average molecular weight is 464 g/mol. The van der Waals surface area contributed by atoms with E-state index in [0.29, 0.717) is 19.1 Å². The van der Waals surface area contributed by atoms with E-state index in [2.05, 4.69) is 0 Å². The van der Waals surface area contributed by atoms with Crippen LogP contribution in [0.2, 0.25) is 4.47 Å². The number of alkyl halides is 3. The van der Waals surface area contributed by atoms with E-state index >= 15 is 0 Å². The Morgan fingerprint density at radius 2 is 1.76 bits per heavy atom. The molecular weight excluding hydrogens is 445 g/mol. The summed E-state index contributed by atoms with van der Waals surface area (Å²) >= 11 is -0.490. The molecule has 0 spiro atoms. The van der Waals surface area contributed by atoms with Crippen LogP contribution in [-0.2, 0) is 10.9 Å². The monoisotopic (exact) mass is 466 g/mol. The van der Waals surface area contributed by atoms with Crippen molar-refractivity contribution in [2.24, 2.45) is 5.92 Å². The molecule has 0 aromatic heterocycles. The third kappa shape index (κ3) is 5.63. The Morgan fingerprint density at radius 3 is 2.44 bits per heavy atom. The van der Waals surface area contributed by atoms with Crippen molar-refractivity contribution in [3.63, 3.8) is 0 Å². The summed E-state index contributed by atoms with van der Waals surface area (Å²) in [6.07, 6.45) is -3.20. The van der Waals surface area contributed by atoms with Gasteiger partial charge in [0.05, 0.1) is 0 Å². The summed E-state index contributed by atoms with van der Waals surface area (Å²) in [5.74, 6) is 1.32. The van der Waals surface area contributed by atoms with Gasteiger partial charge in [-0.2, -0.15) is 0 Å². The molecule has 1 aliphatic heterocycles. The predicted octanol–water partition coefficient (Wildman–Crippen LogP) is 3.94. The minimum atomic E-state index is -4.26. The van der Waals surface area contributed by atoms with Crippen molar-refractivity contribution in [3.05, 3.63) is 60.2 Å². The van der Waals surface area contributed by atoms with Gasteiger partial charge in [0.1, 0.15) is 0 Å². The first-order chi connectivity index (χ1) is 12.0. The molecule has 1 aliphatic rings. The fourth-order valence-electron chi connectivity index (χ4n) is 2.67. The van der Waals surface area contributed by atoms with Gasteiger partial charge in [0, 0.05) is 0 Å². The van der Waals surface area contributed by atoms with Crippen molar-refractivity contribution in [2.75, 3.05) is 13.2 Å². The molecule has 1 heterocycles. The number of para-hydroxylation sites is 1. The van der Waals surface area contributed by atoms with Gasteiger partial charge in [-0.3, -0.25) is 0 Å². The molecule has 0 amide bonds. The Hall–Kier alpha value is -1.22. The maximum atomic E-state index is 12.6. The van der Waals surface area contributed by atoms with Crippen molar-refractivity contribution >= 4 is 24.5 Å². The van der Waals surface area contributed by atoms with Crippen LogP contribution in [0, 0.1) is 5.92 Å². The minimum absolute atomic E-state index is 0.102. The van der Waals surface area contributed by atoms with Gasteiger partial charge in [0.25, 0.3) is 0 Å². The summed E-state index contributed by atoms with van der Waals surface area (Å²) in [6, 6.07) is 15.3. The molecule has 0 radical (unpaired) electrons. The van der Waals surface area contributed by atoms with Crippen LogP contribution in [-0.4, -0.2) is 40.2 Å². The van der Waals surface area contributed by atoms with Crippen molar-refractivity contribution in [1.82, 2.24) is 0 Å². The standard InChI is InChI=1S/C19H19F3O2Te/c20-19(21,22)15-6-8-18(9-7-15)25-13-14-10-17(23-11-14)12-24-16-4-2-1-3-5-16/h1-9,14,17H,10-13H2. The molecule has 2 atom stereocenters. The molecule has 0 aliphatic carbocycles. The fourth-order valence-corrected chi connectivity index (χ4v) is 5.50. The zero-order valence-corrected chi connectivity index (χ0v) is 15.9. The van der Waals surface area contributed by atoms with E-state index < -0.39 is 32.7 Å². The second-order valence-electron chi connectivity index (χ2n) is 6.01. The first-order valence-corrected chi connectivity index (χ1v) is 10.9. The zero-order chi connectivity index (χ0) is 17.7. The summed E-state index contributed by atoms with van der Waals surface area (Å²) in [4.78, 5) is 0. The molecule has 2 aromatic rings. The van der Waals surface area contributed by atoms with Gasteiger partial charge >= 0.3 is 155 Å². The van der Waals surface area contributed by atoms with E-state index in [1.807, 2.05) is 30.3 Å². The number of hydrogen-bond acceptors (Lipinski definition) is 2. The van der Waals surface area contributed by atoms with Crippen LogP contribution in [0.4, 0.5) is 13.2 Å². The number of benzene rings is 2. The van der Waals surface area contributed by atoms with Gasteiger partial charge in [-0.15, -0.1) is 0 Å². The second-order valence-corrected chi connectivity index (χ2v) is 9.13. The van der Waals surface area contributed by atoms with Crippen molar-refractivity contribution in [1.29, 1.82) is 0 Å². The molecule has 6 heteroatoms. The molecule has 2 unspecified atom stereocenters. The van der Waals surface area contributed by atoms with E-state index in [1.54, 1.807) is 12.1 Å². The third-order valence-electron chi connectivity index (χ3n) is 4.01.